The van der Waals surface area contributed by atoms with Gasteiger partial charge in [-0.15, -0.1) is 0 Å². The Morgan fingerprint density at radius 2 is 2.25 bits per heavy atom. The Balaban J connectivity index is 1.26. The van der Waals surface area contributed by atoms with Gasteiger partial charge >= 0.3 is 5.97 Å². The van der Waals surface area contributed by atoms with Gasteiger partial charge in [-0.2, -0.15) is 0 Å². The number of rotatable bonds is 8. The molecule has 0 spiro atoms. The van der Waals surface area contributed by atoms with Gasteiger partial charge in [-0.3, -0.25) is 9.69 Å². The summed E-state index contributed by atoms with van der Waals surface area (Å²) in [5.41, 5.74) is 0.679. The van der Waals surface area contributed by atoms with Gasteiger partial charge < -0.3 is 14.8 Å². The Morgan fingerprint density at radius 1 is 1.42 bits per heavy atom. The number of pyridine rings is 1. The molecule has 24 heavy (non-hydrogen) atoms. The summed E-state index contributed by atoms with van der Waals surface area (Å²) in [6.45, 7) is 1.80. The molecular weight excluding hydrogens is 306 g/mol. The van der Waals surface area contributed by atoms with Gasteiger partial charge in [0.15, 0.2) is 0 Å². The van der Waals surface area contributed by atoms with Crippen LogP contribution in [0.5, 0.6) is 0 Å². The smallest absolute Gasteiger partial charge is 0.317 e. The van der Waals surface area contributed by atoms with Crippen LogP contribution in [0.2, 0.25) is 0 Å². The molecule has 2 saturated carbocycles. The van der Waals surface area contributed by atoms with Crippen LogP contribution in [-0.4, -0.2) is 46.1 Å². The topological polar surface area (TPSA) is 78.6 Å². The third-order valence-electron chi connectivity index (χ3n) is 5.07. The van der Waals surface area contributed by atoms with E-state index in [4.69, 9.17) is 9.52 Å². The second-order valence-corrected chi connectivity index (χ2v) is 7.08. The highest BCUT2D eigenvalue weighted by atomic mass is 16.4. The highest BCUT2D eigenvalue weighted by Crippen LogP contribution is 2.33. The Labute approximate surface area is 140 Å². The molecule has 4 rings (SSSR count). The average Bonchev–Trinajstić information content (AvgIpc) is 3.21. The lowest BCUT2D eigenvalue weighted by Gasteiger charge is -2.42. The van der Waals surface area contributed by atoms with Crippen molar-refractivity contribution in [2.24, 2.45) is 5.92 Å². The van der Waals surface area contributed by atoms with Crippen molar-refractivity contribution >= 4 is 17.1 Å². The molecule has 128 valence electrons. The molecule has 0 aromatic carbocycles. The van der Waals surface area contributed by atoms with Crippen molar-refractivity contribution in [3.8, 4) is 0 Å². The minimum atomic E-state index is -0.721. The van der Waals surface area contributed by atoms with Crippen molar-refractivity contribution in [2.75, 3.05) is 13.1 Å². The number of hydrogen-bond acceptors (Lipinski definition) is 5. The summed E-state index contributed by atoms with van der Waals surface area (Å²) in [6, 6.07) is 6.76. The zero-order chi connectivity index (χ0) is 16.5. The van der Waals surface area contributed by atoms with Gasteiger partial charge in [-0.1, -0.05) is 0 Å². The first-order valence-corrected chi connectivity index (χ1v) is 8.70. The number of carboxylic acids is 1. The van der Waals surface area contributed by atoms with Crippen molar-refractivity contribution in [1.29, 1.82) is 0 Å². The molecule has 6 nitrogen and oxygen atoms in total. The summed E-state index contributed by atoms with van der Waals surface area (Å²) in [6.07, 6.45) is 6.27. The Hall–Kier alpha value is -1.92. The molecule has 0 amide bonds. The van der Waals surface area contributed by atoms with E-state index < -0.39 is 5.97 Å². The first-order valence-electron chi connectivity index (χ1n) is 8.70. The maximum absolute atomic E-state index is 11.1. The molecular formula is C18H23N3O3. The Morgan fingerprint density at radius 3 is 2.96 bits per heavy atom. The van der Waals surface area contributed by atoms with E-state index in [-0.39, 0.29) is 6.54 Å². The van der Waals surface area contributed by atoms with Gasteiger partial charge in [-0.25, -0.2) is 4.98 Å². The lowest BCUT2D eigenvalue weighted by atomic mass is 9.85. The number of carboxylic acid groups (broad SMARTS) is 1. The van der Waals surface area contributed by atoms with Crippen LogP contribution in [0, 0.1) is 5.92 Å². The average molecular weight is 329 g/mol. The fraction of sp³-hybridized carbons (Fsp3) is 0.556. The van der Waals surface area contributed by atoms with Crippen LogP contribution in [0.25, 0.3) is 11.1 Å². The third-order valence-corrected chi connectivity index (χ3v) is 5.07. The van der Waals surface area contributed by atoms with Crippen LogP contribution in [0.15, 0.2) is 28.8 Å². The molecule has 6 heteroatoms. The summed E-state index contributed by atoms with van der Waals surface area (Å²) in [5, 5.41) is 13.6. The maximum atomic E-state index is 11.1. The molecule has 2 aliphatic rings. The monoisotopic (exact) mass is 329 g/mol. The van der Waals surface area contributed by atoms with Crippen LogP contribution in [-0.2, 0) is 11.3 Å². The van der Waals surface area contributed by atoms with Crippen LogP contribution < -0.4 is 5.32 Å². The van der Waals surface area contributed by atoms with Crippen molar-refractivity contribution < 1.29 is 14.3 Å². The zero-order valence-electron chi connectivity index (χ0n) is 13.6. The largest absolute Gasteiger partial charge is 0.480 e. The highest BCUT2D eigenvalue weighted by molar-refractivity contribution is 5.73. The van der Waals surface area contributed by atoms with Gasteiger partial charge in [0.2, 0.25) is 5.71 Å². The summed E-state index contributed by atoms with van der Waals surface area (Å²) < 4.78 is 5.71. The van der Waals surface area contributed by atoms with Gasteiger partial charge in [-0.05, 0) is 49.8 Å². The Kier molecular flexibility index (Phi) is 4.24. The van der Waals surface area contributed by atoms with Crippen LogP contribution in [0.3, 0.4) is 0 Å². The fourth-order valence-electron chi connectivity index (χ4n) is 3.46. The van der Waals surface area contributed by atoms with Crippen LogP contribution in [0.4, 0.5) is 0 Å². The second-order valence-electron chi connectivity index (χ2n) is 7.08. The van der Waals surface area contributed by atoms with Crippen molar-refractivity contribution in [2.45, 2.75) is 44.3 Å². The first kappa shape index (κ1) is 15.6. The SMILES string of the molecule is O=C(O)CN(CC1CC1)C1CC(NCc2cc3cccnc3o2)C1. The molecule has 2 fully saturated rings. The fourth-order valence-corrected chi connectivity index (χ4v) is 3.46. The lowest BCUT2D eigenvalue weighted by molar-refractivity contribution is -0.139. The molecule has 2 aliphatic carbocycles. The van der Waals surface area contributed by atoms with Gasteiger partial charge in [0.25, 0.3) is 0 Å². The molecule has 0 radical (unpaired) electrons. The second kappa shape index (κ2) is 6.53. The van der Waals surface area contributed by atoms with Gasteiger partial charge in [0.05, 0.1) is 13.1 Å². The minimum absolute atomic E-state index is 0.170. The first-order chi connectivity index (χ1) is 11.7. The zero-order valence-corrected chi connectivity index (χ0v) is 13.6. The predicted octanol–water partition coefficient (Wildman–Crippen LogP) is 2.24. The number of nitrogens with one attached hydrogen (secondary N) is 1. The molecule has 2 heterocycles. The number of aliphatic carboxylic acids is 1. The van der Waals surface area contributed by atoms with Crippen molar-refractivity contribution in [1.82, 2.24) is 15.2 Å². The number of nitrogens with zero attached hydrogens (tertiary/aromatic N) is 2. The third kappa shape index (κ3) is 3.60. The van der Waals surface area contributed by atoms with Crippen molar-refractivity contribution in [3.05, 3.63) is 30.2 Å². The molecule has 0 atom stereocenters. The standard InChI is InChI=1S/C18H23N3O3/c22-17(23)11-21(10-12-3-4-12)15-7-14(8-15)20-9-16-6-13-2-1-5-19-18(13)24-16/h1-2,5-6,12,14-15,20H,3-4,7-11H2,(H,22,23). The number of hydrogen-bond donors (Lipinski definition) is 2. The molecule has 0 saturated heterocycles. The van der Waals surface area contributed by atoms with E-state index >= 15 is 0 Å². The van der Waals surface area contributed by atoms with Gasteiger partial charge in [0, 0.05) is 30.2 Å². The van der Waals surface area contributed by atoms with Gasteiger partial charge in [0.1, 0.15) is 5.76 Å². The van der Waals surface area contributed by atoms with Crippen LogP contribution in [0.1, 0.15) is 31.4 Å². The van der Waals surface area contributed by atoms with E-state index in [1.807, 2.05) is 18.2 Å². The maximum Gasteiger partial charge on any atom is 0.317 e. The predicted molar refractivity (Wildman–Crippen MR) is 89.6 cm³/mol. The lowest BCUT2D eigenvalue weighted by Crippen LogP contribution is -2.54. The van der Waals surface area contributed by atoms with E-state index in [9.17, 15) is 4.79 Å². The molecule has 2 aromatic rings. The van der Waals surface area contributed by atoms with Crippen LogP contribution >= 0.6 is 0 Å². The molecule has 0 aliphatic heterocycles. The minimum Gasteiger partial charge on any atom is -0.480 e. The number of fused-ring (bicyclic) bond motifs is 1. The quantitative estimate of drug-likeness (QED) is 0.773. The van der Waals surface area contributed by atoms with E-state index in [1.54, 1.807) is 6.20 Å². The molecule has 2 N–H and O–H groups in total. The van der Waals surface area contributed by atoms with Crippen molar-refractivity contribution in [3.63, 3.8) is 0 Å². The number of aromatic nitrogens is 1. The Bertz CT molecular complexity index is 686. The summed E-state index contributed by atoms with van der Waals surface area (Å²) >= 11 is 0. The summed E-state index contributed by atoms with van der Waals surface area (Å²) in [7, 11) is 0. The highest BCUT2D eigenvalue weighted by Gasteiger charge is 2.36. The number of furan rings is 1. The van der Waals surface area contributed by atoms with E-state index in [0.717, 1.165) is 36.5 Å². The van der Waals surface area contributed by atoms with E-state index in [2.05, 4.69) is 15.2 Å². The van der Waals surface area contributed by atoms with E-state index in [0.29, 0.717) is 24.3 Å². The molecule has 0 bridgehead atoms. The normalized spacial score (nSPS) is 23.5. The van der Waals surface area contributed by atoms with E-state index in [1.165, 1.54) is 12.8 Å². The molecule has 2 aromatic heterocycles. The summed E-state index contributed by atoms with van der Waals surface area (Å²) in [5.74, 6) is 0.897. The molecule has 0 unspecified atom stereocenters. The number of carbonyl (C=O) groups is 1. The summed E-state index contributed by atoms with van der Waals surface area (Å²) in [4.78, 5) is 17.4.